The molecule has 0 aliphatic carbocycles. The number of rotatable bonds is 3. The van der Waals surface area contributed by atoms with E-state index in [1.165, 1.54) is 0 Å². The summed E-state index contributed by atoms with van der Waals surface area (Å²) in [7, 11) is 0. The molecule has 0 radical (unpaired) electrons. The fourth-order valence-electron chi connectivity index (χ4n) is 0.964. The van der Waals surface area contributed by atoms with Crippen molar-refractivity contribution >= 4 is 0 Å². The van der Waals surface area contributed by atoms with Gasteiger partial charge in [0.25, 0.3) is 0 Å². The number of hydrogen-bond donors (Lipinski definition) is 1. The predicted molar refractivity (Wildman–Crippen MR) is 47.6 cm³/mol. The summed E-state index contributed by atoms with van der Waals surface area (Å²) in [5.74, 6) is 6.29. The van der Waals surface area contributed by atoms with Crippen molar-refractivity contribution in [3.8, 4) is 0 Å². The lowest BCUT2D eigenvalue weighted by molar-refractivity contribution is 0.217. The second kappa shape index (κ2) is 4.97. The molecule has 0 saturated heterocycles. The minimum absolute atomic E-state index is 0.453. The summed E-state index contributed by atoms with van der Waals surface area (Å²) in [6.07, 6.45) is 4.00. The van der Waals surface area contributed by atoms with E-state index in [1.54, 1.807) is 0 Å². The van der Waals surface area contributed by atoms with Gasteiger partial charge < -0.3 is 4.84 Å². The first-order valence-corrected chi connectivity index (χ1v) is 3.83. The van der Waals surface area contributed by atoms with Crippen LogP contribution in [0.2, 0.25) is 0 Å². The molecule has 0 rings (SSSR count). The van der Waals surface area contributed by atoms with Crippen LogP contribution in [0.1, 0.15) is 27.7 Å². The molecule has 0 fully saturated rings. The van der Waals surface area contributed by atoms with Crippen molar-refractivity contribution in [2.45, 2.75) is 27.7 Å². The van der Waals surface area contributed by atoms with Gasteiger partial charge in [-0.2, -0.15) is 5.90 Å². The van der Waals surface area contributed by atoms with Gasteiger partial charge in [0.15, 0.2) is 0 Å². The van der Waals surface area contributed by atoms with Crippen molar-refractivity contribution in [1.29, 1.82) is 0 Å². The van der Waals surface area contributed by atoms with Crippen LogP contribution in [0, 0.1) is 5.92 Å². The summed E-state index contributed by atoms with van der Waals surface area (Å²) in [5.41, 5.74) is 1.15. The van der Waals surface area contributed by atoms with Gasteiger partial charge in [0.1, 0.15) is 5.76 Å². The molecule has 0 aliphatic rings. The zero-order chi connectivity index (χ0) is 8.85. The molecule has 0 aromatic carbocycles. The van der Waals surface area contributed by atoms with Gasteiger partial charge in [-0.15, -0.1) is 0 Å². The lowest BCUT2D eigenvalue weighted by atomic mass is 10.0. The van der Waals surface area contributed by atoms with Gasteiger partial charge in [0.05, 0.1) is 0 Å². The Morgan fingerprint density at radius 3 is 2.27 bits per heavy atom. The zero-order valence-corrected chi connectivity index (χ0v) is 7.72. The highest BCUT2D eigenvalue weighted by molar-refractivity contribution is 5.22. The van der Waals surface area contributed by atoms with E-state index >= 15 is 0 Å². The van der Waals surface area contributed by atoms with E-state index in [2.05, 4.69) is 18.7 Å². The fraction of sp³-hybridized carbons (Fsp3) is 0.556. The fourth-order valence-corrected chi connectivity index (χ4v) is 0.964. The first-order chi connectivity index (χ1) is 5.13. The molecule has 0 amide bonds. The van der Waals surface area contributed by atoms with E-state index in [9.17, 15) is 0 Å². The van der Waals surface area contributed by atoms with Crippen molar-refractivity contribution in [3.63, 3.8) is 0 Å². The van der Waals surface area contributed by atoms with E-state index in [-0.39, 0.29) is 0 Å². The van der Waals surface area contributed by atoms with Crippen LogP contribution in [0.15, 0.2) is 23.5 Å². The Morgan fingerprint density at radius 1 is 1.45 bits per heavy atom. The summed E-state index contributed by atoms with van der Waals surface area (Å²) in [6.45, 7) is 8.07. The molecule has 11 heavy (non-hydrogen) atoms. The summed E-state index contributed by atoms with van der Waals surface area (Å²) in [4.78, 5) is 4.65. The summed E-state index contributed by atoms with van der Waals surface area (Å²) in [5, 5.41) is 0. The Labute approximate surface area is 68.7 Å². The van der Waals surface area contributed by atoms with E-state index in [0.717, 1.165) is 11.3 Å². The van der Waals surface area contributed by atoms with Crippen LogP contribution in [0.3, 0.4) is 0 Å². The number of allylic oxidation sites excluding steroid dienone is 4. The molecule has 2 nitrogen and oxygen atoms in total. The zero-order valence-electron chi connectivity index (χ0n) is 7.72. The maximum atomic E-state index is 5.05. The molecule has 0 spiro atoms. The largest absolute Gasteiger partial charge is 0.416 e. The highest BCUT2D eigenvalue weighted by Crippen LogP contribution is 2.15. The van der Waals surface area contributed by atoms with Gasteiger partial charge in [0, 0.05) is 0 Å². The summed E-state index contributed by atoms with van der Waals surface area (Å²) >= 11 is 0. The summed E-state index contributed by atoms with van der Waals surface area (Å²) < 4.78 is 0. The average molecular weight is 155 g/mol. The molecule has 0 saturated carbocycles. The van der Waals surface area contributed by atoms with Gasteiger partial charge in [-0.1, -0.05) is 26.0 Å². The highest BCUT2D eigenvalue weighted by atomic mass is 16.6. The summed E-state index contributed by atoms with van der Waals surface area (Å²) in [6, 6.07) is 0. The third kappa shape index (κ3) is 3.23. The van der Waals surface area contributed by atoms with Crippen molar-refractivity contribution in [2.24, 2.45) is 11.8 Å². The Hall–Kier alpha value is -0.760. The van der Waals surface area contributed by atoms with Gasteiger partial charge in [-0.05, 0) is 25.3 Å². The molecular formula is C9H17NO. The van der Waals surface area contributed by atoms with Gasteiger partial charge in [0.2, 0.25) is 0 Å². The first kappa shape index (κ1) is 10.2. The third-order valence-corrected chi connectivity index (χ3v) is 1.55. The predicted octanol–water partition coefficient (Wildman–Crippen LogP) is 2.38. The SMILES string of the molecule is C/C=C\C(=C(\C)ON)C(C)C. The normalized spacial score (nSPS) is 14.0. The minimum atomic E-state index is 0.453. The van der Waals surface area contributed by atoms with Crippen molar-refractivity contribution in [1.82, 2.24) is 0 Å². The highest BCUT2D eigenvalue weighted by Gasteiger charge is 2.03. The maximum absolute atomic E-state index is 5.05. The molecule has 0 atom stereocenters. The molecule has 0 heterocycles. The van der Waals surface area contributed by atoms with Crippen LogP contribution < -0.4 is 5.90 Å². The van der Waals surface area contributed by atoms with Crippen molar-refractivity contribution in [2.75, 3.05) is 0 Å². The standard InChI is InChI=1S/C9H17NO/c1-5-6-9(7(2)3)8(4)11-10/h5-7H,10H2,1-4H3/b6-5-,9-8+. The third-order valence-electron chi connectivity index (χ3n) is 1.55. The molecule has 0 aromatic heterocycles. The van der Waals surface area contributed by atoms with Crippen LogP contribution in [-0.4, -0.2) is 0 Å². The van der Waals surface area contributed by atoms with E-state index in [0.29, 0.717) is 5.92 Å². The van der Waals surface area contributed by atoms with E-state index in [1.807, 2.05) is 26.0 Å². The van der Waals surface area contributed by atoms with Crippen molar-refractivity contribution in [3.05, 3.63) is 23.5 Å². The van der Waals surface area contributed by atoms with E-state index < -0.39 is 0 Å². The first-order valence-electron chi connectivity index (χ1n) is 3.83. The number of nitrogens with two attached hydrogens (primary N) is 1. The average Bonchev–Trinajstić information content (AvgIpc) is 1.98. The molecule has 0 aliphatic heterocycles. The van der Waals surface area contributed by atoms with Crippen LogP contribution in [-0.2, 0) is 4.84 Å². The molecule has 0 unspecified atom stereocenters. The maximum Gasteiger partial charge on any atom is 0.124 e. The van der Waals surface area contributed by atoms with Crippen LogP contribution >= 0.6 is 0 Å². The van der Waals surface area contributed by atoms with E-state index in [4.69, 9.17) is 5.90 Å². The lowest BCUT2D eigenvalue weighted by Gasteiger charge is -2.09. The second-order valence-electron chi connectivity index (χ2n) is 2.78. The second-order valence-corrected chi connectivity index (χ2v) is 2.78. The van der Waals surface area contributed by atoms with Crippen molar-refractivity contribution < 1.29 is 4.84 Å². The topological polar surface area (TPSA) is 35.2 Å². The van der Waals surface area contributed by atoms with Crippen LogP contribution in [0.25, 0.3) is 0 Å². The Kier molecular flexibility index (Phi) is 4.62. The molecular weight excluding hydrogens is 138 g/mol. The quantitative estimate of drug-likeness (QED) is 0.386. The lowest BCUT2D eigenvalue weighted by Crippen LogP contribution is -2.02. The Bertz CT molecular complexity index is 168. The van der Waals surface area contributed by atoms with Crippen LogP contribution in [0.4, 0.5) is 0 Å². The molecule has 0 aromatic rings. The number of hydrogen-bond acceptors (Lipinski definition) is 2. The smallest absolute Gasteiger partial charge is 0.124 e. The molecule has 0 bridgehead atoms. The van der Waals surface area contributed by atoms with Gasteiger partial charge >= 0.3 is 0 Å². The van der Waals surface area contributed by atoms with Gasteiger partial charge in [-0.25, -0.2) is 0 Å². The Morgan fingerprint density at radius 2 is 2.00 bits per heavy atom. The Balaban J connectivity index is 4.57. The van der Waals surface area contributed by atoms with Gasteiger partial charge in [-0.3, -0.25) is 0 Å². The van der Waals surface area contributed by atoms with Crippen LogP contribution in [0.5, 0.6) is 0 Å². The molecule has 64 valence electrons. The minimum Gasteiger partial charge on any atom is -0.416 e. The monoisotopic (exact) mass is 155 g/mol. The molecule has 2 N–H and O–H groups in total. The molecule has 2 heteroatoms.